The highest BCUT2D eigenvalue weighted by molar-refractivity contribution is 7.09. The van der Waals surface area contributed by atoms with Crippen molar-refractivity contribution in [2.24, 2.45) is 0 Å². The number of carbonyl (C=O) groups excluding carboxylic acids is 3. The number of nitrogens with one attached hydrogen (secondary N) is 1. The van der Waals surface area contributed by atoms with Crippen LogP contribution in [0, 0.1) is 13.8 Å². The van der Waals surface area contributed by atoms with Gasteiger partial charge in [0.15, 0.2) is 5.78 Å². The molecule has 0 saturated carbocycles. The van der Waals surface area contributed by atoms with Crippen molar-refractivity contribution >= 4 is 29.1 Å². The van der Waals surface area contributed by atoms with Crippen molar-refractivity contribution in [1.29, 1.82) is 0 Å². The van der Waals surface area contributed by atoms with E-state index in [4.69, 9.17) is 0 Å². The summed E-state index contributed by atoms with van der Waals surface area (Å²) in [4.78, 5) is 41.2. The van der Waals surface area contributed by atoms with Crippen LogP contribution >= 0.6 is 11.3 Å². The first-order chi connectivity index (χ1) is 15.8. The van der Waals surface area contributed by atoms with Gasteiger partial charge in [-0.15, -0.1) is 11.3 Å². The maximum absolute atomic E-state index is 13.1. The Morgan fingerprint density at radius 1 is 1.06 bits per heavy atom. The van der Waals surface area contributed by atoms with Crippen molar-refractivity contribution in [3.05, 3.63) is 81.3 Å². The number of ketones is 1. The highest BCUT2D eigenvalue weighted by atomic mass is 32.1. The Kier molecular flexibility index (Phi) is 6.51. The minimum atomic E-state index is -1.01. The minimum absolute atomic E-state index is 0.221. The molecule has 0 spiro atoms. The molecule has 1 aliphatic rings. The molecule has 0 aliphatic carbocycles. The van der Waals surface area contributed by atoms with Gasteiger partial charge < -0.3 is 9.88 Å². The average Bonchev–Trinajstić information content (AvgIpc) is 3.47. The highest BCUT2D eigenvalue weighted by Crippen LogP contribution is 2.25. The number of hydrogen-bond donors (Lipinski definition) is 1. The third-order valence-electron chi connectivity index (χ3n) is 6.44. The zero-order valence-corrected chi connectivity index (χ0v) is 20.1. The summed E-state index contributed by atoms with van der Waals surface area (Å²) in [5.74, 6) is -0.565. The third-order valence-corrected chi connectivity index (χ3v) is 7.38. The average molecular weight is 464 g/mol. The molecule has 0 radical (unpaired) electrons. The van der Waals surface area contributed by atoms with E-state index in [9.17, 15) is 14.4 Å². The number of aryl methyl sites for hydroxylation is 3. The summed E-state index contributed by atoms with van der Waals surface area (Å²) in [6.07, 6.45) is 2.04. The predicted molar refractivity (Wildman–Crippen MR) is 130 cm³/mol. The standard InChI is InChI=1S/C26H29N3O3S/c1-18-16-22(19(2)28(18)14-12-21-10-7-15-33-21)23(30)17-29-24(31)26(3,27-25(29)32)13-11-20-8-5-4-6-9-20/h4-10,15-16H,11-14,17H2,1-3H3,(H,27,32)/t26-/m0/s1. The fourth-order valence-corrected chi connectivity index (χ4v) is 5.13. The summed E-state index contributed by atoms with van der Waals surface area (Å²) >= 11 is 1.72. The molecule has 1 N–H and O–H groups in total. The Labute approximate surface area is 198 Å². The van der Waals surface area contributed by atoms with Gasteiger partial charge in [0.1, 0.15) is 5.54 Å². The first-order valence-corrected chi connectivity index (χ1v) is 12.1. The summed E-state index contributed by atoms with van der Waals surface area (Å²) in [7, 11) is 0. The molecule has 7 heteroatoms. The van der Waals surface area contributed by atoms with E-state index >= 15 is 0 Å². The quantitative estimate of drug-likeness (QED) is 0.374. The van der Waals surface area contributed by atoms with E-state index in [1.165, 1.54) is 4.88 Å². The third kappa shape index (κ3) is 4.78. The van der Waals surface area contributed by atoms with Crippen LogP contribution in [0.5, 0.6) is 0 Å². The van der Waals surface area contributed by atoms with Gasteiger partial charge in [0.2, 0.25) is 0 Å². The van der Waals surface area contributed by atoms with Gasteiger partial charge in [0.05, 0.1) is 6.54 Å². The van der Waals surface area contributed by atoms with Crippen molar-refractivity contribution in [2.75, 3.05) is 6.54 Å². The number of imide groups is 1. The van der Waals surface area contributed by atoms with Crippen LogP contribution in [0.4, 0.5) is 4.79 Å². The molecule has 33 heavy (non-hydrogen) atoms. The van der Waals surface area contributed by atoms with Gasteiger partial charge in [-0.05, 0) is 63.1 Å². The van der Waals surface area contributed by atoms with E-state index in [-0.39, 0.29) is 18.2 Å². The Bertz CT molecular complexity index is 1170. The zero-order chi connectivity index (χ0) is 23.6. The number of amides is 3. The highest BCUT2D eigenvalue weighted by Gasteiger charge is 2.48. The molecular weight excluding hydrogens is 434 g/mol. The number of urea groups is 1. The summed E-state index contributed by atoms with van der Waals surface area (Å²) in [5.41, 5.74) is 2.53. The number of carbonyl (C=O) groups is 3. The molecule has 3 heterocycles. The monoisotopic (exact) mass is 463 g/mol. The van der Waals surface area contributed by atoms with Crippen LogP contribution in [0.3, 0.4) is 0 Å². The second kappa shape index (κ2) is 9.35. The molecule has 2 aromatic heterocycles. The van der Waals surface area contributed by atoms with E-state index in [0.29, 0.717) is 18.4 Å². The molecule has 1 aromatic carbocycles. The molecule has 1 fully saturated rings. The van der Waals surface area contributed by atoms with E-state index in [1.807, 2.05) is 56.3 Å². The van der Waals surface area contributed by atoms with Crippen molar-refractivity contribution in [2.45, 2.75) is 52.1 Å². The van der Waals surface area contributed by atoms with Gasteiger partial charge in [0.25, 0.3) is 5.91 Å². The minimum Gasteiger partial charge on any atom is -0.348 e. The molecular formula is C26H29N3O3S. The van der Waals surface area contributed by atoms with Crippen molar-refractivity contribution in [3.8, 4) is 0 Å². The fourth-order valence-electron chi connectivity index (χ4n) is 4.43. The number of aromatic nitrogens is 1. The molecule has 1 saturated heterocycles. The SMILES string of the molecule is Cc1cc(C(=O)CN2C(=O)N[C@@](C)(CCc3ccccc3)C2=O)c(C)n1CCc1cccs1. The van der Waals surface area contributed by atoms with Crippen molar-refractivity contribution < 1.29 is 14.4 Å². The fraction of sp³-hybridized carbons (Fsp3) is 0.346. The van der Waals surface area contributed by atoms with Crippen LogP contribution in [-0.4, -0.2) is 39.3 Å². The number of Topliss-reactive ketones (excluding diaryl/α,β-unsaturated/α-hetero) is 1. The van der Waals surface area contributed by atoms with Gasteiger partial charge in [-0.1, -0.05) is 36.4 Å². The number of hydrogen-bond acceptors (Lipinski definition) is 4. The Morgan fingerprint density at radius 2 is 1.82 bits per heavy atom. The molecule has 4 rings (SSSR count). The lowest BCUT2D eigenvalue weighted by Crippen LogP contribution is -2.44. The normalized spacial score (nSPS) is 18.1. The van der Waals surface area contributed by atoms with Crippen LogP contribution in [0.25, 0.3) is 0 Å². The van der Waals surface area contributed by atoms with E-state index < -0.39 is 11.6 Å². The van der Waals surface area contributed by atoms with Gasteiger partial charge in [0, 0.05) is 28.4 Å². The Balaban J connectivity index is 1.43. The number of nitrogens with zero attached hydrogens (tertiary/aromatic N) is 2. The van der Waals surface area contributed by atoms with Crippen LogP contribution < -0.4 is 5.32 Å². The molecule has 6 nitrogen and oxygen atoms in total. The molecule has 3 amide bonds. The Hall–Kier alpha value is -3.19. The summed E-state index contributed by atoms with van der Waals surface area (Å²) < 4.78 is 2.13. The lowest BCUT2D eigenvalue weighted by Gasteiger charge is -2.21. The van der Waals surface area contributed by atoms with E-state index in [2.05, 4.69) is 21.3 Å². The first-order valence-electron chi connectivity index (χ1n) is 11.2. The molecule has 0 unspecified atom stereocenters. The zero-order valence-electron chi connectivity index (χ0n) is 19.3. The number of rotatable bonds is 9. The van der Waals surface area contributed by atoms with Crippen LogP contribution in [0.1, 0.15) is 45.5 Å². The number of thiophene rings is 1. The van der Waals surface area contributed by atoms with Gasteiger partial charge in [-0.25, -0.2) is 4.79 Å². The largest absolute Gasteiger partial charge is 0.348 e. The van der Waals surface area contributed by atoms with Crippen LogP contribution in [0.15, 0.2) is 53.9 Å². The maximum atomic E-state index is 13.1. The van der Waals surface area contributed by atoms with Crippen molar-refractivity contribution in [3.63, 3.8) is 0 Å². The Morgan fingerprint density at radius 3 is 2.52 bits per heavy atom. The topological polar surface area (TPSA) is 71.4 Å². The molecule has 172 valence electrons. The summed E-state index contributed by atoms with van der Waals surface area (Å²) in [5, 5.41) is 4.87. The summed E-state index contributed by atoms with van der Waals surface area (Å²) in [6.45, 7) is 6.17. The van der Waals surface area contributed by atoms with Crippen LogP contribution in [0.2, 0.25) is 0 Å². The lowest BCUT2D eigenvalue weighted by molar-refractivity contribution is -0.130. The van der Waals surface area contributed by atoms with Gasteiger partial charge in [-0.3, -0.25) is 14.5 Å². The second-order valence-electron chi connectivity index (χ2n) is 8.83. The second-order valence-corrected chi connectivity index (χ2v) is 9.86. The maximum Gasteiger partial charge on any atom is 0.325 e. The lowest BCUT2D eigenvalue weighted by atomic mass is 9.93. The molecule has 1 aliphatic heterocycles. The predicted octanol–water partition coefficient (Wildman–Crippen LogP) is 4.54. The molecule has 0 bridgehead atoms. The first kappa shape index (κ1) is 23.0. The summed E-state index contributed by atoms with van der Waals surface area (Å²) in [6, 6.07) is 15.4. The van der Waals surface area contributed by atoms with Crippen LogP contribution in [-0.2, 0) is 24.2 Å². The van der Waals surface area contributed by atoms with Gasteiger partial charge >= 0.3 is 6.03 Å². The van der Waals surface area contributed by atoms with Gasteiger partial charge in [-0.2, -0.15) is 0 Å². The van der Waals surface area contributed by atoms with Crippen molar-refractivity contribution in [1.82, 2.24) is 14.8 Å². The molecule has 1 atom stereocenters. The number of benzene rings is 1. The molecule has 3 aromatic rings. The van der Waals surface area contributed by atoms with E-state index in [1.54, 1.807) is 18.3 Å². The smallest absolute Gasteiger partial charge is 0.325 e. The van der Waals surface area contributed by atoms with E-state index in [0.717, 1.165) is 34.8 Å².